The average molecular weight is 212 g/mol. The van der Waals surface area contributed by atoms with Gasteiger partial charge in [0.25, 0.3) is 0 Å². The summed E-state index contributed by atoms with van der Waals surface area (Å²) in [5.41, 5.74) is 6.34. The minimum atomic E-state index is 0.476. The Hall–Kier alpha value is -0.480. The van der Waals surface area contributed by atoms with Crippen LogP contribution in [0.3, 0.4) is 0 Å². The van der Waals surface area contributed by atoms with Crippen molar-refractivity contribution in [1.29, 1.82) is 0 Å². The smallest absolute Gasteiger partial charge is 0.137 e. The zero-order valence-electron chi connectivity index (χ0n) is 8.24. The molecule has 2 N–H and O–H groups in total. The summed E-state index contributed by atoms with van der Waals surface area (Å²) >= 11 is 2.05. The van der Waals surface area contributed by atoms with Gasteiger partial charge < -0.3 is 10.3 Å². The fourth-order valence-electron chi connectivity index (χ4n) is 1.78. The van der Waals surface area contributed by atoms with Crippen LogP contribution in [-0.2, 0) is 13.0 Å². The van der Waals surface area contributed by atoms with E-state index in [-0.39, 0.29) is 0 Å². The zero-order valence-corrected chi connectivity index (χ0v) is 9.05. The summed E-state index contributed by atoms with van der Waals surface area (Å²) in [5.74, 6) is 4.38. The maximum absolute atomic E-state index is 5.47. The third-order valence-corrected chi connectivity index (χ3v) is 3.70. The molecule has 3 nitrogen and oxygen atoms in total. The SMILES string of the molecule is NCc1cc(CC2CCSCC2)on1. The van der Waals surface area contributed by atoms with E-state index >= 15 is 0 Å². The average Bonchev–Trinajstić information content (AvgIpc) is 2.67. The van der Waals surface area contributed by atoms with Crippen molar-refractivity contribution < 1.29 is 4.52 Å². The molecule has 1 aromatic heterocycles. The lowest BCUT2D eigenvalue weighted by Gasteiger charge is -2.19. The Morgan fingerprint density at radius 2 is 2.29 bits per heavy atom. The Labute approximate surface area is 88.4 Å². The molecule has 2 rings (SSSR count). The highest BCUT2D eigenvalue weighted by molar-refractivity contribution is 7.99. The molecule has 1 aliphatic heterocycles. The van der Waals surface area contributed by atoms with Crippen molar-refractivity contribution in [2.45, 2.75) is 25.8 Å². The number of rotatable bonds is 3. The molecule has 1 fully saturated rings. The molecule has 1 aliphatic rings. The molecule has 0 unspecified atom stereocenters. The summed E-state index contributed by atoms with van der Waals surface area (Å²) < 4.78 is 5.22. The van der Waals surface area contributed by atoms with Crippen LogP contribution in [0.5, 0.6) is 0 Å². The quantitative estimate of drug-likeness (QED) is 0.830. The normalized spacial score (nSPS) is 18.6. The van der Waals surface area contributed by atoms with Crippen molar-refractivity contribution in [3.05, 3.63) is 17.5 Å². The van der Waals surface area contributed by atoms with Crippen LogP contribution < -0.4 is 5.73 Å². The van der Waals surface area contributed by atoms with E-state index in [0.29, 0.717) is 6.54 Å². The van der Waals surface area contributed by atoms with Gasteiger partial charge in [-0.05, 0) is 30.3 Å². The van der Waals surface area contributed by atoms with E-state index in [9.17, 15) is 0 Å². The Bertz CT molecular complexity index is 281. The van der Waals surface area contributed by atoms with E-state index in [1.807, 2.05) is 6.07 Å². The molecule has 2 heterocycles. The van der Waals surface area contributed by atoms with Crippen LogP contribution in [0.2, 0.25) is 0 Å². The van der Waals surface area contributed by atoms with Crippen LogP contribution >= 0.6 is 11.8 Å². The molecule has 0 bridgehead atoms. The summed E-state index contributed by atoms with van der Waals surface area (Å²) in [6.07, 6.45) is 3.65. The number of aromatic nitrogens is 1. The highest BCUT2D eigenvalue weighted by Gasteiger charge is 2.16. The fraction of sp³-hybridized carbons (Fsp3) is 0.700. The third-order valence-electron chi connectivity index (χ3n) is 2.65. The molecule has 78 valence electrons. The summed E-state index contributed by atoms with van der Waals surface area (Å²) in [6, 6.07) is 1.99. The highest BCUT2D eigenvalue weighted by atomic mass is 32.2. The number of hydrogen-bond acceptors (Lipinski definition) is 4. The van der Waals surface area contributed by atoms with Gasteiger partial charge in [-0.1, -0.05) is 5.16 Å². The van der Waals surface area contributed by atoms with Gasteiger partial charge in [-0.2, -0.15) is 11.8 Å². The van der Waals surface area contributed by atoms with E-state index in [2.05, 4.69) is 16.9 Å². The van der Waals surface area contributed by atoms with Gasteiger partial charge in [-0.25, -0.2) is 0 Å². The topological polar surface area (TPSA) is 52.0 Å². The molecule has 1 aromatic rings. The fourth-order valence-corrected chi connectivity index (χ4v) is 2.99. The molecule has 0 spiro atoms. The van der Waals surface area contributed by atoms with Gasteiger partial charge in [0, 0.05) is 19.0 Å². The Morgan fingerprint density at radius 3 is 2.93 bits per heavy atom. The predicted octanol–water partition coefficient (Wildman–Crippen LogP) is 1.82. The van der Waals surface area contributed by atoms with Crippen molar-refractivity contribution >= 4 is 11.8 Å². The van der Waals surface area contributed by atoms with Crippen molar-refractivity contribution in [3.63, 3.8) is 0 Å². The molecule has 4 heteroatoms. The van der Waals surface area contributed by atoms with E-state index < -0.39 is 0 Å². The molecule has 0 amide bonds. The molecule has 0 aliphatic carbocycles. The Balaban J connectivity index is 1.89. The van der Waals surface area contributed by atoms with Crippen LogP contribution in [0.15, 0.2) is 10.6 Å². The predicted molar refractivity (Wildman–Crippen MR) is 58.1 cm³/mol. The van der Waals surface area contributed by atoms with E-state index in [1.165, 1.54) is 24.3 Å². The first kappa shape index (κ1) is 10.1. The van der Waals surface area contributed by atoms with Gasteiger partial charge >= 0.3 is 0 Å². The van der Waals surface area contributed by atoms with E-state index in [4.69, 9.17) is 10.3 Å². The van der Waals surface area contributed by atoms with Gasteiger partial charge in [-0.15, -0.1) is 0 Å². The first-order chi connectivity index (χ1) is 6.88. The van der Waals surface area contributed by atoms with Crippen molar-refractivity contribution in [2.75, 3.05) is 11.5 Å². The lowest BCUT2D eigenvalue weighted by molar-refractivity contribution is 0.347. The highest BCUT2D eigenvalue weighted by Crippen LogP contribution is 2.25. The lowest BCUT2D eigenvalue weighted by Crippen LogP contribution is -2.11. The van der Waals surface area contributed by atoms with Gasteiger partial charge in [0.2, 0.25) is 0 Å². The molecule has 14 heavy (non-hydrogen) atoms. The Morgan fingerprint density at radius 1 is 1.50 bits per heavy atom. The van der Waals surface area contributed by atoms with Gasteiger partial charge in [0.05, 0.1) is 5.69 Å². The number of nitrogens with zero attached hydrogens (tertiary/aromatic N) is 1. The van der Waals surface area contributed by atoms with Gasteiger partial charge in [-0.3, -0.25) is 0 Å². The molecule has 0 radical (unpaired) electrons. The second-order valence-electron chi connectivity index (χ2n) is 3.75. The van der Waals surface area contributed by atoms with Crippen molar-refractivity contribution in [3.8, 4) is 0 Å². The minimum absolute atomic E-state index is 0.476. The zero-order chi connectivity index (χ0) is 9.80. The van der Waals surface area contributed by atoms with E-state index in [1.54, 1.807) is 0 Å². The van der Waals surface area contributed by atoms with Crippen LogP contribution in [0.1, 0.15) is 24.3 Å². The molecule has 1 saturated heterocycles. The first-order valence-corrected chi connectivity index (χ1v) is 6.26. The minimum Gasteiger partial charge on any atom is -0.361 e. The molecule has 0 saturated carbocycles. The van der Waals surface area contributed by atoms with Crippen LogP contribution in [0, 0.1) is 5.92 Å². The summed E-state index contributed by atoms with van der Waals surface area (Å²) in [4.78, 5) is 0. The van der Waals surface area contributed by atoms with Gasteiger partial charge in [0.1, 0.15) is 5.76 Å². The van der Waals surface area contributed by atoms with Crippen LogP contribution in [0.4, 0.5) is 0 Å². The maximum Gasteiger partial charge on any atom is 0.137 e. The van der Waals surface area contributed by atoms with Crippen molar-refractivity contribution in [2.24, 2.45) is 11.7 Å². The Kier molecular flexibility index (Phi) is 3.48. The molecule has 0 aromatic carbocycles. The lowest BCUT2D eigenvalue weighted by atomic mass is 9.97. The van der Waals surface area contributed by atoms with Crippen LogP contribution in [0.25, 0.3) is 0 Å². The molecular formula is C10H16N2OS. The summed E-state index contributed by atoms with van der Waals surface area (Å²) in [6.45, 7) is 0.476. The maximum atomic E-state index is 5.47. The van der Waals surface area contributed by atoms with E-state index in [0.717, 1.165) is 23.8 Å². The third kappa shape index (κ3) is 2.51. The first-order valence-electron chi connectivity index (χ1n) is 5.11. The molecular weight excluding hydrogens is 196 g/mol. The second-order valence-corrected chi connectivity index (χ2v) is 4.97. The monoisotopic (exact) mass is 212 g/mol. The molecule has 0 atom stereocenters. The van der Waals surface area contributed by atoms with Crippen molar-refractivity contribution in [1.82, 2.24) is 5.16 Å². The number of nitrogens with two attached hydrogens (primary N) is 1. The summed E-state index contributed by atoms with van der Waals surface area (Å²) in [7, 11) is 0. The largest absolute Gasteiger partial charge is 0.361 e. The summed E-state index contributed by atoms with van der Waals surface area (Å²) in [5, 5.41) is 3.89. The number of thioether (sulfide) groups is 1. The standard InChI is InChI=1S/C10H16N2OS/c11-7-9-6-10(13-12-9)5-8-1-3-14-4-2-8/h6,8H,1-5,7,11H2. The van der Waals surface area contributed by atoms with Gasteiger partial charge in [0.15, 0.2) is 0 Å². The number of hydrogen-bond donors (Lipinski definition) is 1. The second kappa shape index (κ2) is 4.84. The van der Waals surface area contributed by atoms with Crippen LogP contribution in [-0.4, -0.2) is 16.7 Å².